The molecule has 0 spiro atoms. The van der Waals surface area contributed by atoms with Crippen LogP contribution in [0.25, 0.3) is 0 Å². The zero-order valence-electron chi connectivity index (χ0n) is 11.2. The minimum absolute atomic E-state index is 0.0381. The molecule has 0 aliphatic heterocycles. The summed E-state index contributed by atoms with van der Waals surface area (Å²) in [6.45, 7) is 2.31. The van der Waals surface area contributed by atoms with Gasteiger partial charge in [-0.15, -0.1) is 0 Å². The van der Waals surface area contributed by atoms with Crippen molar-refractivity contribution in [3.8, 4) is 5.75 Å². The predicted octanol–water partition coefficient (Wildman–Crippen LogP) is 2.06. The van der Waals surface area contributed by atoms with Crippen LogP contribution in [0.1, 0.15) is 17.0 Å². The molecule has 0 fully saturated rings. The average molecular weight is 295 g/mol. The van der Waals surface area contributed by atoms with Gasteiger partial charge in [-0.05, 0) is 31.2 Å². The molecular formula is C13H15ClN4O2. The van der Waals surface area contributed by atoms with Crippen molar-refractivity contribution in [2.45, 2.75) is 13.5 Å². The van der Waals surface area contributed by atoms with Crippen molar-refractivity contribution >= 4 is 17.4 Å². The molecular weight excluding hydrogens is 280 g/mol. The van der Waals surface area contributed by atoms with Gasteiger partial charge >= 0.3 is 0 Å². The molecule has 0 atom stereocenters. The number of benzene rings is 1. The molecule has 1 aromatic heterocycles. The first-order chi connectivity index (χ1) is 9.51. The third-order valence-corrected chi connectivity index (χ3v) is 3.12. The summed E-state index contributed by atoms with van der Waals surface area (Å²) in [5.74, 6) is 0.562. The zero-order chi connectivity index (χ0) is 14.7. The van der Waals surface area contributed by atoms with E-state index in [9.17, 15) is 0 Å². The Balaban J connectivity index is 2.11. The van der Waals surface area contributed by atoms with Crippen LogP contribution in [-0.2, 0) is 13.7 Å². The van der Waals surface area contributed by atoms with E-state index in [1.165, 1.54) is 0 Å². The van der Waals surface area contributed by atoms with Gasteiger partial charge in [0.25, 0.3) is 0 Å². The highest BCUT2D eigenvalue weighted by Gasteiger charge is 2.08. The van der Waals surface area contributed by atoms with Gasteiger partial charge in [0.15, 0.2) is 5.84 Å². The highest BCUT2D eigenvalue weighted by Crippen LogP contribution is 2.23. The second-order valence-corrected chi connectivity index (χ2v) is 4.72. The van der Waals surface area contributed by atoms with E-state index < -0.39 is 0 Å². The molecule has 0 unspecified atom stereocenters. The van der Waals surface area contributed by atoms with Gasteiger partial charge in [0, 0.05) is 12.6 Å². The van der Waals surface area contributed by atoms with Crippen LogP contribution >= 0.6 is 11.6 Å². The number of nitrogens with zero attached hydrogens (tertiary/aromatic N) is 3. The molecule has 0 saturated heterocycles. The summed E-state index contributed by atoms with van der Waals surface area (Å²) in [4.78, 5) is 0. The highest BCUT2D eigenvalue weighted by molar-refractivity contribution is 6.34. The molecule has 0 radical (unpaired) electrons. The monoisotopic (exact) mass is 294 g/mol. The van der Waals surface area contributed by atoms with Crippen LogP contribution in [0.2, 0.25) is 5.02 Å². The summed E-state index contributed by atoms with van der Waals surface area (Å²) in [6.07, 6.45) is 0. The summed E-state index contributed by atoms with van der Waals surface area (Å²) < 4.78 is 7.41. The summed E-state index contributed by atoms with van der Waals surface area (Å²) >= 11 is 6.05. The molecule has 6 nitrogen and oxygen atoms in total. The summed E-state index contributed by atoms with van der Waals surface area (Å²) in [6, 6.07) is 6.92. The van der Waals surface area contributed by atoms with Crippen LogP contribution in [0, 0.1) is 6.92 Å². The van der Waals surface area contributed by atoms with Crippen LogP contribution in [0.5, 0.6) is 5.75 Å². The minimum atomic E-state index is -0.0381. The Kier molecular flexibility index (Phi) is 4.14. The number of oxime groups is 1. The lowest BCUT2D eigenvalue weighted by atomic mass is 10.2. The number of aromatic nitrogens is 2. The fourth-order valence-corrected chi connectivity index (χ4v) is 2.07. The predicted molar refractivity (Wildman–Crippen MR) is 76.2 cm³/mol. The molecule has 106 valence electrons. The van der Waals surface area contributed by atoms with Crippen molar-refractivity contribution < 1.29 is 9.94 Å². The van der Waals surface area contributed by atoms with E-state index in [1.807, 2.05) is 20.0 Å². The number of hydrogen-bond acceptors (Lipinski definition) is 4. The van der Waals surface area contributed by atoms with Crippen LogP contribution in [0.4, 0.5) is 0 Å². The van der Waals surface area contributed by atoms with Crippen LogP contribution in [-0.4, -0.2) is 20.8 Å². The number of aryl methyl sites for hydroxylation is 2. The Morgan fingerprint density at radius 3 is 2.80 bits per heavy atom. The molecule has 0 bridgehead atoms. The van der Waals surface area contributed by atoms with E-state index in [-0.39, 0.29) is 5.84 Å². The van der Waals surface area contributed by atoms with Gasteiger partial charge in [0.05, 0.1) is 16.4 Å². The van der Waals surface area contributed by atoms with Crippen LogP contribution in [0.3, 0.4) is 0 Å². The van der Waals surface area contributed by atoms with Crippen molar-refractivity contribution in [2.75, 3.05) is 0 Å². The van der Waals surface area contributed by atoms with Gasteiger partial charge in [0.2, 0.25) is 0 Å². The minimum Gasteiger partial charge on any atom is -0.487 e. The van der Waals surface area contributed by atoms with Crippen LogP contribution in [0.15, 0.2) is 29.4 Å². The van der Waals surface area contributed by atoms with Crippen molar-refractivity contribution in [3.05, 3.63) is 46.2 Å². The first-order valence-corrected chi connectivity index (χ1v) is 6.29. The largest absolute Gasteiger partial charge is 0.487 e. The lowest BCUT2D eigenvalue weighted by molar-refractivity contribution is 0.295. The van der Waals surface area contributed by atoms with E-state index in [0.29, 0.717) is 22.9 Å². The Morgan fingerprint density at radius 2 is 2.25 bits per heavy atom. The molecule has 0 saturated carbocycles. The average Bonchev–Trinajstić information content (AvgIpc) is 2.74. The van der Waals surface area contributed by atoms with Gasteiger partial charge in [-0.25, -0.2) is 0 Å². The molecule has 2 aromatic rings. The second kappa shape index (κ2) is 5.83. The maximum absolute atomic E-state index is 8.63. The van der Waals surface area contributed by atoms with Crippen molar-refractivity contribution in [1.29, 1.82) is 0 Å². The Bertz CT molecular complexity index is 652. The highest BCUT2D eigenvalue weighted by atomic mass is 35.5. The van der Waals surface area contributed by atoms with E-state index in [4.69, 9.17) is 27.3 Å². The first-order valence-electron chi connectivity index (χ1n) is 5.91. The number of rotatable bonds is 4. The molecule has 1 heterocycles. The third-order valence-electron chi connectivity index (χ3n) is 2.81. The third kappa shape index (κ3) is 3.03. The standard InChI is InChI=1S/C13H15ClN4O2/c1-8-5-9(18(2)16-8)7-20-10-3-4-11(12(14)6-10)13(15)17-19/h3-6,19H,7H2,1-2H3,(H2,15,17). The zero-order valence-corrected chi connectivity index (χ0v) is 11.9. The summed E-state index contributed by atoms with van der Waals surface area (Å²) in [5.41, 5.74) is 7.85. The van der Waals surface area contributed by atoms with Crippen molar-refractivity contribution in [1.82, 2.24) is 9.78 Å². The molecule has 1 aromatic carbocycles. The Hall–Kier alpha value is -2.21. The number of halogens is 1. The number of hydrogen-bond donors (Lipinski definition) is 2. The van der Waals surface area contributed by atoms with Gasteiger partial charge in [-0.3, -0.25) is 4.68 Å². The number of ether oxygens (including phenoxy) is 1. The lowest BCUT2D eigenvalue weighted by Crippen LogP contribution is -2.13. The second-order valence-electron chi connectivity index (χ2n) is 4.32. The van der Waals surface area contributed by atoms with Crippen molar-refractivity contribution in [2.24, 2.45) is 17.9 Å². The quantitative estimate of drug-likeness (QED) is 0.391. The van der Waals surface area contributed by atoms with Gasteiger partial charge in [-0.1, -0.05) is 16.8 Å². The van der Waals surface area contributed by atoms with E-state index >= 15 is 0 Å². The fraction of sp³-hybridized carbons (Fsp3) is 0.231. The number of nitrogens with two attached hydrogens (primary N) is 1. The molecule has 0 amide bonds. The number of amidine groups is 1. The van der Waals surface area contributed by atoms with E-state index in [1.54, 1.807) is 22.9 Å². The van der Waals surface area contributed by atoms with Gasteiger partial charge in [-0.2, -0.15) is 5.10 Å². The summed E-state index contributed by atoms with van der Waals surface area (Å²) in [7, 11) is 1.86. The van der Waals surface area contributed by atoms with E-state index in [2.05, 4.69) is 10.3 Å². The topological polar surface area (TPSA) is 85.7 Å². The Labute approximate surface area is 121 Å². The molecule has 0 aliphatic carbocycles. The smallest absolute Gasteiger partial charge is 0.171 e. The first kappa shape index (κ1) is 14.2. The lowest BCUT2D eigenvalue weighted by Gasteiger charge is -2.08. The fourth-order valence-electron chi connectivity index (χ4n) is 1.80. The molecule has 7 heteroatoms. The molecule has 3 N–H and O–H groups in total. The van der Waals surface area contributed by atoms with Gasteiger partial charge in [0.1, 0.15) is 12.4 Å². The van der Waals surface area contributed by atoms with Crippen LogP contribution < -0.4 is 10.5 Å². The van der Waals surface area contributed by atoms with E-state index in [0.717, 1.165) is 11.4 Å². The Morgan fingerprint density at radius 1 is 1.50 bits per heavy atom. The maximum Gasteiger partial charge on any atom is 0.171 e. The molecule has 0 aliphatic rings. The normalized spacial score (nSPS) is 11.7. The maximum atomic E-state index is 8.63. The molecule has 2 rings (SSSR count). The summed E-state index contributed by atoms with van der Waals surface area (Å²) in [5, 5.41) is 16.1. The van der Waals surface area contributed by atoms with Crippen molar-refractivity contribution in [3.63, 3.8) is 0 Å². The van der Waals surface area contributed by atoms with Gasteiger partial charge < -0.3 is 15.7 Å². The molecule has 20 heavy (non-hydrogen) atoms. The SMILES string of the molecule is Cc1cc(COc2ccc(/C(N)=N/O)c(Cl)c2)n(C)n1.